The molecule has 0 spiro atoms. The molecule has 1 aromatic rings. The molecule has 1 aliphatic carbocycles. The van der Waals surface area contributed by atoms with Crippen LogP contribution in [0.1, 0.15) is 51.1 Å². The Morgan fingerprint density at radius 3 is 2.42 bits per heavy atom. The minimum atomic E-state index is -0.0844. The van der Waals surface area contributed by atoms with Crippen molar-refractivity contribution in [2.24, 2.45) is 0 Å². The molecule has 3 heteroatoms. The molecular formula is C16H25NO2. The van der Waals surface area contributed by atoms with Gasteiger partial charge in [-0.1, -0.05) is 12.1 Å². The van der Waals surface area contributed by atoms with E-state index in [2.05, 4.69) is 24.4 Å². The van der Waals surface area contributed by atoms with Crippen LogP contribution in [0.3, 0.4) is 0 Å². The number of rotatable bonds is 5. The van der Waals surface area contributed by atoms with Crippen LogP contribution in [0.2, 0.25) is 0 Å². The fraction of sp³-hybridized carbons (Fsp3) is 0.625. The lowest BCUT2D eigenvalue weighted by Crippen LogP contribution is -2.36. The van der Waals surface area contributed by atoms with Crippen molar-refractivity contribution in [1.29, 1.82) is 0 Å². The quantitative estimate of drug-likeness (QED) is 0.858. The first-order valence-electron chi connectivity index (χ1n) is 7.36. The smallest absolute Gasteiger partial charge is 0.119 e. The molecule has 0 unspecified atom stereocenters. The maximum atomic E-state index is 9.52. The van der Waals surface area contributed by atoms with Gasteiger partial charge in [0.1, 0.15) is 5.75 Å². The molecular weight excluding hydrogens is 238 g/mol. The summed E-state index contributed by atoms with van der Waals surface area (Å²) in [6.07, 6.45) is 3.91. The van der Waals surface area contributed by atoms with Crippen LogP contribution in [0.4, 0.5) is 0 Å². The topological polar surface area (TPSA) is 41.5 Å². The van der Waals surface area contributed by atoms with Crippen LogP contribution >= 0.6 is 0 Å². The molecule has 0 aromatic heterocycles. The monoisotopic (exact) mass is 263 g/mol. The summed E-state index contributed by atoms with van der Waals surface area (Å²) in [6, 6.07) is 9.19. The van der Waals surface area contributed by atoms with Crippen LogP contribution in [0.25, 0.3) is 0 Å². The molecule has 1 atom stereocenters. The molecule has 0 heterocycles. The first-order valence-corrected chi connectivity index (χ1v) is 7.36. The van der Waals surface area contributed by atoms with Gasteiger partial charge < -0.3 is 15.2 Å². The zero-order chi connectivity index (χ0) is 13.7. The molecule has 1 aliphatic rings. The van der Waals surface area contributed by atoms with Gasteiger partial charge in [-0.05, 0) is 57.2 Å². The number of nitrogens with one attached hydrogen (secondary N) is 1. The van der Waals surface area contributed by atoms with Crippen LogP contribution in [-0.4, -0.2) is 23.9 Å². The summed E-state index contributed by atoms with van der Waals surface area (Å²) in [5, 5.41) is 13.2. The van der Waals surface area contributed by atoms with E-state index in [0.29, 0.717) is 18.7 Å². The third-order valence-corrected chi connectivity index (χ3v) is 3.87. The first kappa shape index (κ1) is 14.4. The van der Waals surface area contributed by atoms with Gasteiger partial charge in [0.2, 0.25) is 0 Å². The number of hydrogen-bond donors (Lipinski definition) is 2. The van der Waals surface area contributed by atoms with Crippen LogP contribution in [0, 0.1) is 0 Å². The number of aliphatic hydroxyl groups is 1. The van der Waals surface area contributed by atoms with Crippen LogP contribution < -0.4 is 10.1 Å². The molecule has 1 fully saturated rings. The van der Waals surface area contributed by atoms with Gasteiger partial charge in [0.25, 0.3) is 0 Å². The fourth-order valence-electron chi connectivity index (χ4n) is 2.71. The van der Waals surface area contributed by atoms with Gasteiger partial charge in [-0.15, -0.1) is 0 Å². The summed E-state index contributed by atoms with van der Waals surface area (Å²) >= 11 is 0. The molecule has 1 aromatic carbocycles. The Morgan fingerprint density at radius 1 is 1.21 bits per heavy atom. The van der Waals surface area contributed by atoms with Crippen molar-refractivity contribution in [2.45, 2.75) is 57.7 Å². The van der Waals surface area contributed by atoms with E-state index in [1.165, 1.54) is 5.56 Å². The van der Waals surface area contributed by atoms with E-state index < -0.39 is 0 Å². The van der Waals surface area contributed by atoms with Crippen molar-refractivity contribution in [2.75, 3.05) is 6.61 Å². The lowest BCUT2D eigenvalue weighted by Gasteiger charge is -2.29. The average molecular weight is 263 g/mol. The Morgan fingerprint density at radius 2 is 1.84 bits per heavy atom. The van der Waals surface area contributed by atoms with Crippen molar-refractivity contribution < 1.29 is 9.84 Å². The number of benzene rings is 1. The molecule has 0 radical (unpaired) electrons. The normalized spacial score (nSPS) is 25.0. The minimum Gasteiger partial charge on any atom is -0.494 e. The van der Waals surface area contributed by atoms with E-state index in [1.807, 2.05) is 19.1 Å². The molecule has 3 nitrogen and oxygen atoms in total. The fourth-order valence-corrected chi connectivity index (χ4v) is 2.71. The van der Waals surface area contributed by atoms with Gasteiger partial charge in [-0.2, -0.15) is 0 Å². The highest BCUT2D eigenvalue weighted by atomic mass is 16.5. The lowest BCUT2D eigenvalue weighted by molar-refractivity contribution is 0.114. The molecule has 106 valence electrons. The second-order valence-electron chi connectivity index (χ2n) is 5.40. The largest absolute Gasteiger partial charge is 0.494 e. The van der Waals surface area contributed by atoms with Crippen LogP contribution in [0.15, 0.2) is 24.3 Å². The van der Waals surface area contributed by atoms with Crippen LogP contribution in [0.5, 0.6) is 5.75 Å². The predicted octanol–water partition coefficient (Wildman–Crippen LogP) is 3.04. The Balaban J connectivity index is 1.86. The Bertz CT molecular complexity index is 369. The van der Waals surface area contributed by atoms with E-state index in [1.54, 1.807) is 0 Å². The van der Waals surface area contributed by atoms with Gasteiger partial charge >= 0.3 is 0 Å². The summed E-state index contributed by atoms with van der Waals surface area (Å²) < 4.78 is 5.45. The molecule has 0 aliphatic heterocycles. The zero-order valence-electron chi connectivity index (χ0n) is 11.9. The number of aliphatic hydroxyl groups excluding tert-OH is 1. The summed E-state index contributed by atoms with van der Waals surface area (Å²) in [4.78, 5) is 0. The molecule has 1 saturated carbocycles. The van der Waals surface area contributed by atoms with Crippen molar-refractivity contribution in [3.8, 4) is 5.75 Å². The first-order chi connectivity index (χ1) is 9.19. The zero-order valence-corrected chi connectivity index (χ0v) is 11.9. The van der Waals surface area contributed by atoms with Gasteiger partial charge in [-0.25, -0.2) is 0 Å². The second-order valence-corrected chi connectivity index (χ2v) is 5.40. The third kappa shape index (κ3) is 4.22. The van der Waals surface area contributed by atoms with Crippen molar-refractivity contribution in [1.82, 2.24) is 5.32 Å². The van der Waals surface area contributed by atoms with E-state index >= 15 is 0 Å². The summed E-state index contributed by atoms with van der Waals surface area (Å²) in [5.41, 5.74) is 1.29. The SMILES string of the molecule is CCOc1ccc([C@H](C)NC2CCC(O)CC2)cc1. The Kier molecular flexibility index (Phi) is 5.23. The highest BCUT2D eigenvalue weighted by molar-refractivity contribution is 5.29. The Labute approximate surface area is 116 Å². The van der Waals surface area contributed by atoms with Gasteiger partial charge in [0, 0.05) is 12.1 Å². The highest BCUT2D eigenvalue weighted by Crippen LogP contribution is 2.23. The van der Waals surface area contributed by atoms with Crippen LogP contribution in [-0.2, 0) is 0 Å². The number of hydrogen-bond acceptors (Lipinski definition) is 3. The molecule has 0 bridgehead atoms. The summed E-state index contributed by atoms with van der Waals surface area (Å²) in [7, 11) is 0. The molecule has 2 N–H and O–H groups in total. The van der Waals surface area contributed by atoms with E-state index in [0.717, 1.165) is 31.4 Å². The van der Waals surface area contributed by atoms with E-state index in [9.17, 15) is 5.11 Å². The lowest BCUT2D eigenvalue weighted by atomic mass is 9.92. The number of ether oxygens (including phenoxy) is 1. The standard InChI is InChI=1S/C16H25NO2/c1-3-19-16-10-4-13(5-11-16)12(2)17-14-6-8-15(18)9-7-14/h4-5,10-12,14-15,17-18H,3,6-9H2,1-2H3/t12-,14?,15?/m0/s1. The molecule has 2 rings (SSSR count). The maximum Gasteiger partial charge on any atom is 0.119 e. The minimum absolute atomic E-state index is 0.0844. The molecule has 19 heavy (non-hydrogen) atoms. The summed E-state index contributed by atoms with van der Waals surface area (Å²) in [5.74, 6) is 0.930. The van der Waals surface area contributed by atoms with Gasteiger partial charge in [0.15, 0.2) is 0 Å². The van der Waals surface area contributed by atoms with Gasteiger partial charge in [-0.3, -0.25) is 0 Å². The molecule has 0 saturated heterocycles. The maximum absolute atomic E-state index is 9.52. The third-order valence-electron chi connectivity index (χ3n) is 3.87. The molecule has 0 amide bonds. The highest BCUT2D eigenvalue weighted by Gasteiger charge is 2.20. The summed E-state index contributed by atoms with van der Waals surface area (Å²) in [6.45, 7) is 4.90. The van der Waals surface area contributed by atoms with Crippen molar-refractivity contribution in [3.05, 3.63) is 29.8 Å². The van der Waals surface area contributed by atoms with E-state index in [-0.39, 0.29) is 6.10 Å². The second kappa shape index (κ2) is 6.92. The van der Waals surface area contributed by atoms with E-state index in [4.69, 9.17) is 4.74 Å². The average Bonchev–Trinajstić information content (AvgIpc) is 2.42. The van der Waals surface area contributed by atoms with Crippen molar-refractivity contribution >= 4 is 0 Å². The Hall–Kier alpha value is -1.06. The predicted molar refractivity (Wildman–Crippen MR) is 77.4 cm³/mol. The van der Waals surface area contributed by atoms with Gasteiger partial charge in [0.05, 0.1) is 12.7 Å². The van der Waals surface area contributed by atoms with Crippen molar-refractivity contribution in [3.63, 3.8) is 0 Å².